The van der Waals surface area contributed by atoms with Crippen LogP contribution in [0.1, 0.15) is 20.3 Å². The summed E-state index contributed by atoms with van der Waals surface area (Å²) in [6.07, 6.45) is -5.40. The molecule has 0 aliphatic carbocycles. The number of rotatable bonds is 3. The van der Waals surface area contributed by atoms with Gasteiger partial charge in [0.2, 0.25) is 11.8 Å². The molecule has 17 heavy (non-hydrogen) atoms. The molecule has 1 saturated heterocycles. The van der Waals surface area contributed by atoms with E-state index in [2.05, 4.69) is 5.32 Å². The van der Waals surface area contributed by atoms with Gasteiger partial charge in [-0.2, -0.15) is 13.2 Å². The number of carbonyl (C=O) groups is 2. The standard InChI is InChI=1S/C10H15F3N2O2/c1-6(2)8-9(17)15(5-7(16)14-8)4-3-10(11,12)13/h6,8H,3-5H2,1-2H3,(H,14,16). The van der Waals surface area contributed by atoms with Crippen molar-refractivity contribution < 1.29 is 22.8 Å². The minimum atomic E-state index is -4.32. The average Bonchev–Trinajstić information content (AvgIpc) is 2.17. The second-order valence-corrected chi connectivity index (χ2v) is 4.41. The van der Waals surface area contributed by atoms with Gasteiger partial charge in [0.05, 0.1) is 13.0 Å². The SMILES string of the molecule is CC(C)C1NC(=O)CN(CCC(F)(F)F)C1=O. The Hall–Kier alpha value is -1.27. The lowest BCUT2D eigenvalue weighted by atomic mass is 10.0. The van der Waals surface area contributed by atoms with Gasteiger partial charge in [-0.25, -0.2) is 0 Å². The highest BCUT2D eigenvalue weighted by molar-refractivity contribution is 5.94. The number of alkyl halides is 3. The van der Waals surface area contributed by atoms with Crippen LogP contribution >= 0.6 is 0 Å². The van der Waals surface area contributed by atoms with Crippen molar-refractivity contribution in [2.45, 2.75) is 32.5 Å². The Morgan fingerprint density at radius 3 is 2.47 bits per heavy atom. The summed E-state index contributed by atoms with van der Waals surface area (Å²) in [4.78, 5) is 24.0. The van der Waals surface area contributed by atoms with Gasteiger partial charge < -0.3 is 10.2 Å². The van der Waals surface area contributed by atoms with E-state index in [0.29, 0.717) is 0 Å². The van der Waals surface area contributed by atoms with Gasteiger partial charge in [0.25, 0.3) is 0 Å². The second kappa shape index (κ2) is 4.93. The summed E-state index contributed by atoms with van der Waals surface area (Å²) in [5.74, 6) is -0.991. The first-order valence-electron chi connectivity index (χ1n) is 5.35. The van der Waals surface area contributed by atoms with Gasteiger partial charge in [0, 0.05) is 6.54 Å². The molecule has 0 saturated carbocycles. The minimum absolute atomic E-state index is 0.139. The third-order valence-electron chi connectivity index (χ3n) is 2.56. The first kappa shape index (κ1) is 13.8. The third kappa shape index (κ3) is 3.90. The van der Waals surface area contributed by atoms with E-state index in [-0.39, 0.29) is 12.5 Å². The Bertz CT molecular complexity index is 315. The number of carbonyl (C=O) groups excluding carboxylic acids is 2. The lowest BCUT2D eigenvalue weighted by molar-refractivity contribution is -0.154. The van der Waals surface area contributed by atoms with Gasteiger partial charge >= 0.3 is 6.18 Å². The van der Waals surface area contributed by atoms with E-state index in [4.69, 9.17) is 0 Å². The summed E-state index contributed by atoms with van der Waals surface area (Å²) in [6, 6.07) is -0.718. The first-order valence-corrected chi connectivity index (χ1v) is 5.35. The topological polar surface area (TPSA) is 49.4 Å². The zero-order valence-corrected chi connectivity index (χ0v) is 9.67. The normalized spacial score (nSPS) is 22.0. The monoisotopic (exact) mass is 252 g/mol. The van der Waals surface area contributed by atoms with Gasteiger partial charge in [0.15, 0.2) is 0 Å². The smallest absolute Gasteiger partial charge is 0.343 e. The molecule has 2 amide bonds. The van der Waals surface area contributed by atoms with E-state index in [1.165, 1.54) is 0 Å². The van der Waals surface area contributed by atoms with Crippen molar-refractivity contribution in [2.24, 2.45) is 5.92 Å². The van der Waals surface area contributed by atoms with E-state index in [0.717, 1.165) is 4.90 Å². The molecule has 1 aliphatic heterocycles. The lowest BCUT2D eigenvalue weighted by Gasteiger charge is -2.34. The molecule has 0 aromatic carbocycles. The van der Waals surface area contributed by atoms with Crippen molar-refractivity contribution in [1.29, 1.82) is 0 Å². The van der Waals surface area contributed by atoms with Crippen molar-refractivity contribution in [1.82, 2.24) is 10.2 Å². The Kier molecular flexibility index (Phi) is 4.00. The molecule has 0 spiro atoms. The van der Waals surface area contributed by atoms with Crippen molar-refractivity contribution in [3.8, 4) is 0 Å². The van der Waals surface area contributed by atoms with Gasteiger partial charge in [0.1, 0.15) is 6.04 Å². The summed E-state index contributed by atoms with van der Waals surface area (Å²) in [7, 11) is 0. The van der Waals surface area contributed by atoms with Crippen LogP contribution in [0.2, 0.25) is 0 Å². The number of piperazine rings is 1. The predicted molar refractivity (Wildman–Crippen MR) is 54.0 cm³/mol. The molecule has 1 heterocycles. The molecule has 0 aromatic heterocycles. The summed E-state index contributed by atoms with van der Waals surface area (Å²) < 4.78 is 36.2. The number of nitrogens with zero attached hydrogens (tertiary/aromatic N) is 1. The van der Waals surface area contributed by atoms with Crippen LogP contribution in [0.15, 0.2) is 0 Å². The van der Waals surface area contributed by atoms with Gasteiger partial charge in [-0.05, 0) is 5.92 Å². The van der Waals surface area contributed by atoms with E-state index in [9.17, 15) is 22.8 Å². The Labute approximate surface area is 97.1 Å². The van der Waals surface area contributed by atoms with Crippen molar-refractivity contribution in [3.63, 3.8) is 0 Å². The largest absolute Gasteiger partial charge is 0.390 e. The second-order valence-electron chi connectivity index (χ2n) is 4.41. The van der Waals surface area contributed by atoms with Crippen LogP contribution in [0.4, 0.5) is 13.2 Å². The van der Waals surface area contributed by atoms with Crippen LogP contribution < -0.4 is 5.32 Å². The number of hydrogen-bond acceptors (Lipinski definition) is 2. The summed E-state index contributed by atoms with van der Waals surface area (Å²) in [5, 5.41) is 2.48. The summed E-state index contributed by atoms with van der Waals surface area (Å²) >= 11 is 0. The molecule has 4 nitrogen and oxygen atoms in total. The van der Waals surface area contributed by atoms with Crippen LogP contribution in [-0.2, 0) is 9.59 Å². The highest BCUT2D eigenvalue weighted by Gasteiger charge is 2.36. The maximum atomic E-state index is 12.1. The predicted octanol–water partition coefficient (Wildman–Crippen LogP) is 0.922. The molecule has 0 radical (unpaired) electrons. The summed E-state index contributed by atoms with van der Waals surface area (Å²) in [6.45, 7) is 2.71. The van der Waals surface area contributed by atoms with Gasteiger partial charge in [-0.3, -0.25) is 9.59 Å². The molecule has 1 atom stereocenters. The number of hydrogen-bond donors (Lipinski definition) is 1. The van der Waals surface area contributed by atoms with Crippen molar-refractivity contribution >= 4 is 11.8 Å². The Morgan fingerprint density at radius 1 is 1.41 bits per heavy atom. The molecule has 0 aromatic rings. The van der Waals surface area contributed by atoms with Crippen LogP contribution in [0, 0.1) is 5.92 Å². The molecule has 1 unspecified atom stereocenters. The highest BCUT2D eigenvalue weighted by atomic mass is 19.4. The van der Waals surface area contributed by atoms with E-state index in [1.54, 1.807) is 13.8 Å². The van der Waals surface area contributed by atoms with E-state index in [1.807, 2.05) is 0 Å². The van der Waals surface area contributed by atoms with E-state index < -0.39 is 37.0 Å². The van der Waals surface area contributed by atoms with Crippen molar-refractivity contribution in [3.05, 3.63) is 0 Å². The fourth-order valence-electron chi connectivity index (χ4n) is 1.63. The minimum Gasteiger partial charge on any atom is -0.343 e. The van der Waals surface area contributed by atoms with Gasteiger partial charge in [-0.15, -0.1) is 0 Å². The third-order valence-corrected chi connectivity index (χ3v) is 2.56. The zero-order valence-electron chi connectivity index (χ0n) is 9.67. The Balaban J connectivity index is 2.65. The Morgan fingerprint density at radius 2 is 2.00 bits per heavy atom. The number of amides is 2. The quantitative estimate of drug-likeness (QED) is 0.812. The molecule has 7 heteroatoms. The highest BCUT2D eigenvalue weighted by Crippen LogP contribution is 2.21. The number of nitrogens with one attached hydrogen (secondary N) is 1. The lowest BCUT2D eigenvalue weighted by Crippen LogP contribution is -2.60. The average molecular weight is 252 g/mol. The molecule has 1 aliphatic rings. The molecular formula is C10H15F3N2O2. The molecule has 1 rings (SSSR count). The van der Waals surface area contributed by atoms with Crippen LogP contribution in [0.25, 0.3) is 0 Å². The van der Waals surface area contributed by atoms with Crippen LogP contribution in [-0.4, -0.2) is 42.0 Å². The first-order chi connectivity index (χ1) is 7.70. The van der Waals surface area contributed by atoms with Gasteiger partial charge in [-0.1, -0.05) is 13.8 Å². The maximum absolute atomic E-state index is 12.1. The molecular weight excluding hydrogens is 237 g/mol. The van der Waals surface area contributed by atoms with Crippen molar-refractivity contribution in [2.75, 3.05) is 13.1 Å². The van der Waals surface area contributed by atoms with Crippen LogP contribution in [0.5, 0.6) is 0 Å². The zero-order chi connectivity index (χ0) is 13.2. The fourth-order valence-corrected chi connectivity index (χ4v) is 1.63. The summed E-state index contributed by atoms with van der Waals surface area (Å²) in [5.41, 5.74) is 0. The van der Waals surface area contributed by atoms with Crippen LogP contribution in [0.3, 0.4) is 0 Å². The molecule has 98 valence electrons. The number of halogens is 3. The fraction of sp³-hybridized carbons (Fsp3) is 0.800. The maximum Gasteiger partial charge on any atom is 0.390 e. The molecule has 1 N–H and O–H groups in total. The van der Waals surface area contributed by atoms with E-state index >= 15 is 0 Å². The molecule has 0 bridgehead atoms. The molecule has 1 fully saturated rings.